The number of likely N-dealkylation sites (tertiary alicyclic amines) is 1. The largest absolute Gasteiger partial charge is 0.444 e. The van der Waals surface area contributed by atoms with Gasteiger partial charge in [0.1, 0.15) is 11.3 Å². The maximum Gasteiger partial charge on any atom is 0.410 e. The van der Waals surface area contributed by atoms with E-state index < -0.39 is 23.0 Å². The number of amides is 3. The van der Waals surface area contributed by atoms with E-state index in [1.807, 2.05) is 58.3 Å². The molecule has 0 N–H and O–H groups in total. The van der Waals surface area contributed by atoms with Crippen molar-refractivity contribution in [2.45, 2.75) is 104 Å². The van der Waals surface area contributed by atoms with Crippen molar-refractivity contribution in [1.82, 2.24) is 19.7 Å². The Labute approximate surface area is 248 Å². The molecule has 1 unspecified atom stereocenters. The summed E-state index contributed by atoms with van der Waals surface area (Å²) in [6.07, 6.45) is 1.55. The van der Waals surface area contributed by atoms with Crippen LogP contribution in [0.3, 0.4) is 0 Å². The molecular formula is C31H47F2N5O4. The molecule has 0 radical (unpaired) electrons. The van der Waals surface area contributed by atoms with Crippen molar-refractivity contribution in [1.29, 1.82) is 0 Å². The molecule has 3 aliphatic heterocycles. The molecular weight excluding hydrogens is 544 g/mol. The van der Waals surface area contributed by atoms with Crippen LogP contribution in [0, 0.1) is 5.92 Å². The van der Waals surface area contributed by atoms with E-state index in [0.717, 1.165) is 5.56 Å². The molecule has 3 aliphatic rings. The molecule has 0 aromatic carbocycles. The maximum absolute atomic E-state index is 14.8. The Hall–Kier alpha value is -2.82. The molecule has 0 saturated carbocycles. The van der Waals surface area contributed by atoms with Crippen molar-refractivity contribution in [3.8, 4) is 0 Å². The zero-order chi connectivity index (χ0) is 31.2. The minimum Gasteiger partial charge on any atom is -0.444 e. The van der Waals surface area contributed by atoms with E-state index in [1.165, 1.54) is 12.3 Å². The lowest BCUT2D eigenvalue weighted by Crippen LogP contribution is -2.63. The number of hydrogen-bond acceptors (Lipinski definition) is 6. The lowest BCUT2D eigenvalue weighted by Gasteiger charge is -2.46. The number of fused-ring (bicyclic) bond motifs is 1. The molecule has 11 heteroatoms. The second kappa shape index (κ2) is 11.7. The maximum atomic E-state index is 14.8. The Morgan fingerprint density at radius 2 is 1.83 bits per heavy atom. The standard InChI is InChI=1S/C31H47F2N5O4/c1-9-10-31(32,33)25-12-24-23(13-34-25)30(7,8)19-38(24)27(40)18-35-15-21(3)37(28(41)42-29(4,5)6)17-22(35)16-36-14-20(2)11-26(36)39/h12-13,20-22H,9-11,14-19H2,1-8H3/t20?,21-,22+/m1/s1. The van der Waals surface area contributed by atoms with Crippen LogP contribution in [0.1, 0.15) is 85.9 Å². The molecule has 4 heterocycles. The normalized spacial score (nSPS) is 24.8. The number of alkyl halides is 2. The highest BCUT2D eigenvalue weighted by molar-refractivity contribution is 5.97. The fourth-order valence-corrected chi connectivity index (χ4v) is 6.33. The quantitative estimate of drug-likeness (QED) is 0.454. The van der Waals surface area contributed by atoms with E-state index in [0.29, 0.717) is 51.3 Å². The van der Waals surface area contributed by atoms with Crippen LogP contribution in [0.4, 0.5) is 19.3 Å². The van der Waals surface area contributed by atoms with E-state index in [1.54, 1.807) is 16.7 Å². The van der Waals surface area contributed by atoms with Gasteiger partial charge in [-0.05, 0) is 39.7 Å². The first kappa shape index (κ1) is 32.1. The Morgan fingerprint density at radius 3 is 2.43 bits per heavy atom. The zero-order valence-corrected chi connectivity index (χ0v) is 26.4. The lowest BCUT2D eigenvalue weighted by atomic mass is 9.88. The predicted octanol–water partition coefficient (Wildman–Crippen LogP) is 4.78. The number of halogens is 2. The van der Waals surface area contributed by atoms with Gasteiger partial charge in [0.25, 0.3) is 5.92 Å². The van der Waals surface area contributed by atoms with Gasteiger partial charge in [0, 0.05) is 74.8 Å². The third-order valence-corrected chi connectivity index (χ3v) is 8.46. The van der Waals surface area contributed by atoms with Crippen LogP contribution in [0.25, 0.3) is 0 Å². The third-order valence-electron chi connectivity index (χ3n) is 8.46. The van der Waals surface area contributed by atoms with Crippen LogP contribution in [0.15, 0.2) is 12.3 Å². The van der Waals surface area contributed by atoms with E-state index in [4.69, 9.17) is 4.74 Å². The van der Waals surface area contributed by atoms with Crippen molar-refractivity contribution in [2.24, 2.45) is 5.92 Å². The van der Waals surface area contributed by atoms with Gasteiger partial charge in [0.05, 0.1) is 12.2 Å². The van der Waals surface area contributed by atoms with Gasteiger partial charge in [0.15, 0.2) is 0 Å². The average Bonchev–Trinajstić information content (AvgIpc) is 3.32. The van der Waals surface area contributed by atoms with E-state index >= 15 is 0 Å². The minimum absolute atomic E-state index is 0.0350. The third kappa shape index (κ3) is 6.87. The second-order valence-corrected chi connectivity index (χ2v) is 14.1. The number of carbonyl (C=O) groups is 3. The molecule has 0 bridgehead atoms. The van der Waals surface area contributed by atoms with Crippen molar-refractivity contribution >= 4 is 23.6 Å². The molecule has 3 atom stereocenters. The summed E-state index contributed by atoms with van der Waals surface area (Å²) >= 11 is 0. The first-order valence-electron chi connectivity index (χ1n) is 15.1. The summed E-state index contributed by atoms with van der Waals surface area (Å²) < 4.78 is 35.3. The van der Waals surface area contributed by atoms with E-state index in [9.17, 15) is 23.2 Å². The fourth-order valence-electron chi connectivity index (χ4n) is 6.33. The summed E-state index contributed by atoms with van der Waals surface area (Å²) in [5.74, 6) is -2.97. The molecule has 234 valence electrons. The molecule has 4 rings (SSSR count). The van der Waals surface area contributed by atoms with Gasteiger partial charge in [-0.25, -0.2) is 4.79 Å². The molecule has 1 aromatic heterocycles. The highest BCUT2D eigenvalue weighted by Gasteiger charge is 2.44. The van der Waals surface area contributed by atoms with E-state index in [-0.39, 0.29) is 48.5 Å². The molecule has 1 aromatic rings. The summed E-state index contributed by atoms with van der Waals surface area (Å²) in [7, 11) is 0. The van der Waals surface area contributed by atoms with Gasteiger partial charge in [-0.15, -0.1) is 0 Å². The van der Waals surface area contributed by atoms with Crippen molar-refractivity contribution < 1.29 is 27.9 Å². The predicted molar refractivity (Wildman–Crippen MR) is 157 cm³/mol. The Bertz CT molecular complexity index is 1200. The summed E-state index contributed by atoms with van der Waals surface area (Å²) in [6, 6.07) is 0.856. The van der Waals surface area contributed by atoms with Gasteiger partial charge < -0.3 is 19.4 Å². The van der Waals surface area contributed by atoms with Crippen LogP contribution in [0.5, 0.6) is 0 Å². The molecule has 3 amide bonds. The zero-order valence-electron chi connectivity index (χ0n) is 26.4. The highest BCUT2D eigenvalue weighted by atomic mass is 19.3. The Kier molecular flexibility index (Phi) is 8.94. The van der Waals surface area contributed by atoms with Crippen molar-refractivity contribution in [3.63, 3.8) is 0 Å². The van der Waals surface area contributed by atoms with Gasteiger partial charge in [-0.2, -0.15) is 8.78 Å². The molecule has 2 fully saturated rings. The van der Waals surface area contributed by atoms with Gasteiger partial charge >= 0.3 is 6.09 Å². The smallest absolute Gasteiger partial charge is 0.410 e. The number of piperazine rings is 1. The van der Waals surface area contributed by atoms with Crippen molar-refractivity contribution in [3.05, 3.63) is 23.5 Å². The van der Waals surface area contributed by atoms with Crippen LogP contribution >= 0.6 is 0 Å². The number of anilines is 1. The first-order valence-corrected chi connectivity index (χ1v) is 15.1. The summed E-state index contributed by atoms with van der Waals surface area (Å²) in [6.45, 7) is 17.2. The summed E-state index contributed by atoms with van der Waals surface area (Å²) in [5.41, 5.74) is -0.180. The molecule has 0 aliphatic carbocycles. The highest BCUT2D eigenvalue weighted by Crippen LogP contribution is 2.43. The summed E-state index contributed by atoms with van der Waals surface area (Å²) in [4.78, 5) is 51.0. The van der Waals surface area contributed by atoms with E-state index in [2.05, 4.69) is 4.98 Å². The molecule has 42 heavy (non-hydrogen) atoms. The number of ether oxygens (including phenoxy) is 1. The number of aromatic nitrogens is 1. The van der Waals surface area contributed by atoms with Crippen LogP contribution < -0.4 is 4.90 Å². The van der Waals surface area contributed by atoms with Crippen LogP contribution in [0.2, 0.25) is 0 Å². The van der Waals surface area contributed by atoms with Gasteiger partial charge in [-0.1, -0.05) is 34.1 Å². The fraction of sp³-hybridized carbons (Fsp3) is 0.742. The van der Waals surface area contributed by atoms with Crippen LogP contribution in [-0.4, -0.2) is 94.5 Å². The molecule has 2 saturated heterocycles. The Morgan fingerprint density at radius 1 is 1.14 bits per heavy atom. The Balaban J connectivity index is 1.59. The van der Waals surface area contributed by atoms with Crippen molar-refractivity contribution in [2.75, 3.05) is 44.2 Å². The molecule has 0 spiro atoms. The topological polar surface area (TPSA) is 86.3 Å². The molecule has 9 nitrogen and oxygen atoms in total. The number of rotatable bonds is 7. The number of nitrogens with zero attached hydrogens (tertiary/aromatic N) is 5. The number of pyridine rings is 1. The number of hydrogen-bond donors (Lipinski definition) is 0. The summed E-state index contributed by atoms with van der Waals surface area (Å²) in [5, 5.41) is 0. The minimum atomic E-state index is -3.08. The number of carbonyl (C=O) groups excluding carboxylic acids is 3. The average molecular weight is 592 g/mol. The first-order chi connectivity index (χ1) is 19.4. The lowest BCUT2D eigenvalue weighted by molar-refractivity contribution is -0.129. The van der Waals surface area contributed by atoms with Crippen LogP contribution in [-0.2, 0) is 25.7 Å². The monoisotopic (exact) mass is 591 g/mol. The van der Waals surface area contributed by atoms with Gasteiger partial charge in [0.2, 0.25) is 11.8 Å². The van der Waals surface area contributed by atoms with Gasteiger partial charge in [-0.3, -0.25) is 19.5 Å². The SMILES string of the molecule is CCCC(F)(F)c1cc2c(cn1)C(C)(C)CN2C(=O)CN1C[C@@H](C)N(C(=O)OC(C)(C)C)C[C@@H]1CN1CC(C)CC1=O. The second-order valence-electron chi connectivity index (χ2n) is 14.1.